The van der Waals surface area contributed by atoms with E-state index in [1.807, 2.05) is 47.8 Å². The highest BCUT2D eigenvalue weighted by Crippen LogP contribution is 2.30. The fraction of sp³-hybridized carbons (Fsp3) is 0.136. The van der Waals surface area contributed by atoms with E-state index in [1.165, 1.54) is 23.1 Å². The Morgan fingerprint density at radius 3 is 2.83 bits per heavy atom. The Bertz CT molecular complexity index is 1240. The first-order valence-corrected chi connectivity index (χ1v) is 11.2. The number of nitrogens with one attached hydrogen (secondary N) is 2. The second kappa shape index (κ2) is 9.15. The molecule has 0 saturated heterocycles. The van der Waals surface area contributed by atoms with Gasteiger partial charge in [0.15, 0.2) is 0 Å². The molecule has 0 radical (unpaired) electrons. The van der Waals surface area contributed by atoms with Crippen LogP contribution in [0.25, 0.3) is 21.3 Å². The van der Waals surface area contributed by atoms with Gasteiger partial charge < -0.3 is 15.0 Å². The van der Waals surface area contributed by atoms with E-state index in [-0.39, 0.29) is 17.2 Å². The maximum absolute atomic E-state index is 12.7. The minimum absolute atomic E-state index is 0.126. The lowest BCUT2D eigenvalue weighted by Crippen LogP contribution is -2.15. The molecule has 0 aliphatic rings. The van der Waals surface area contributed by atoms with Crippen molar-refractivity contribution in [2.75, 3.05) is 18.2 Å². The van der Waals surface area contributed by atoms with Crippen molar-refractivity contribution in [3.8, 4) is 16.9 Å². The van der Waals surface area contributed by atoms with Crippen LogP contribution in [0.1, 0.15) is 5.82 Å². The maximum Gasteiger partial charge on any atom is 0.260 e. The number of H-pyrrole nitrogens is 1. The van der Waals surface area contributed by atoms with E-state index in [2.05, 4.69) is 15.3 Å². The average Bonchev–Trinajstić information content (AvgIpc) is 3.19. The second-order valence-electron chi connectivity index (χ2n) is 6.48. The number of nitrogens with zero attached hydrogens (tertiary/aromatic N) is 1. The van der Waals surface area contributed by atoms with Gasteiger partial charge >= 0.3 is 0 Å². The Morgan fingerprint density at radius 1 is 1.20 bits per heavy atom. The number of hydrogen-bond acceptors (Lipinski definition) is 6. The Kier molecular flexibility index (Phi) is 6.15. The lowest BCUT2D eigenvalue weighted by molar-refractivity contribution is -0.113. The zero-order chi connectivity index (χ0) is 20.9. The molecular weight excluding hydrogens is 418 g/mol. The van der Waals surface area contributed by atoms with Gasteiger partial charge in [-0.3, -0.25) is 9.59 Å². The highest BCUT2D eigenvalue weighted by atomic mass is 32.2. The van der Waals surface area contributed by atoms with Gasteiger partial charge in [-0.25, -0.2) is 4.98 Å². The summed E-state index contributed by atoms with van der Waals surface area (Å²) in [6.07, 6.45) is 0. The van der Waals surface area contributed by atoms with Gasteiger partial charge in [0, 0.05) is 22.7 Å². The predicted molar refractivity (Wildman–Crippen MR) is 123 cm³/mol. The zero-order valence-corrected chi connectivity index (χ0v) is 17.8. The number of rotatable bonds is 7. The molecule has 0 bridgehead atoms. The molecule has 2 aromatic heterocycles. The van der Waals surface area contributed by atoms with Crippen LogP contribution in [0.2, 0.25) is 0 Å². The number of anilines is 1. The predicted octanol–water partition coefficient (Wildman–Crippen LogP) is 4.53. The summed E-state index contributed by atoms with van der Waals surface area (Å²) in [4.78, 5) is 33.0. The monoisotopic (exact) mass is 437 g/mol. The van der Waals surface area contributed by atoms with Gasteiger partial charge in [0.25, 0.3) is 5.56 Å². The van der Waals surface area contributed by atoms with Crippen molar-refractivity contribution >= 4 is 44.9 Å². The summed E-state index contributed by atoms with van der Waals surface area (Å²) in [5, 5.41) is 5.40. The molecule has 0 unspecified atom stereocenters. The van der Waals surface area contributed by atoms with Crippen LogP contribution in [0.3, 0.4) is 0 Å². The quantitative estimate of drug-likeness (QED) is 0.444. The number of aromatic amines is 1. The number of fused-ring (bicyclic) bond motifs is 1. The summed E-state index contributed by atoms with van der Waals surface area (Å²) in [6, 6.07) is 17.0. The van der Waals surface area contributed by atoms with Crippen molar-refractivity contribution in [1.82, 2.24) is 9.97 Å². The number of aromatic nitrogens is 2. The third kappa shape index (κ3) is 4.55. The lowest BCUT2D eigenvalue weighted by atomic mass is 10.1. The Hall–Kier alpha value is -3.10. The van der Waals surface area contributed by atoms with E-state index in [1.54, 1.807) is 19.2 Å². The SMILES string of the molecule is COc1cccc(NC(=O)CSCc2nc3scc(-c4ccccc4)c3c(=O)[nH]2)c1. The van der Waals surface area contributed by atoms with Crippen LogP contribution in [0.4, 0.5) is 5.69 Å². The molecule has 2 N–H and O–H groups in total. The van der Waals surface area contributed by atoms with Gasteiger partial charge in [0.1, 0.15) is 16.4 Å². The number of methoxy groups -OCH3 is 1. The van der Waals surface area contributed by atoms with Crippen LogP contribution in [0, 0.1) is 0 Å². The Labute approximate surface area is 181 Å². The summed E-state index contributed by atoms with van der Waals surface area (Å²) in [5.74, 6) is 1.81. The average molecular weight is 438 g/mol. The third-order valence-corrected chi connectivity index (χ3v) is 6.22. The van der Waals surface area contributed by atoms with E-state index in [4.69, 9.17) is 4.74 Å². The fourth-order valence-electron chi connectivity index (χ4n) is 3.03. The number of thiophene rings is 1. The van der Waals surface area contributed by atoms with Crippen molar-refractivity contribution in [3.05, 3.63) is 76.2 Å². The molecule has 2 aromatic carbocycles. The Balaban J connectivity index is 1.41. The van der Waals surface area contributed by atoms with Crippen LogP contribution in [0.5, 0.6) is 5.75 Å². The zero-order valence-electron chi connectivity index (χ0n) is 16.2. The van der Waals surface area contributed by atoms with Crippen molar-refractivity contribution in [2.45, 2.75) is 5.75 Å². The van der Waals surface area contributed by atoms with Crippen LogP contribution >= 0.6 is 23.1 Å². The summed E-state index contributed by atoms with van der Waals surface area (Å²) in [7, 11) is 1.58. The largest absolute Gasteiger partial charge is 0.497 e. The lowest BCUT2D eigenvalue weighted by Gasteiger charge is -2.07. The number of ether oxygens (including phenoxy) is 1. The molecule has 152 valence electrons. The summed E-state index contributed by atoms with van der Waals surface area (Å²) in [6.45, 7) is 0. The maximum atomic E-state index is 12.7. The number of amides is 1. The van der Waals surface area contributed by atoms with E-state index in [0.717, 1.165) is 11.1 Å². The van der Waals surface area contributed by atoms with Gasteiger partial charge in [-0.05, 0) is 17.7 Å². The molecule has 2 heterocycles. The van der Waals surface area contributed by atoms with Crippen LogP contribution in [-0.4, -0.2) is 28.7 Å². The molecule has 6 nitrogen and oxygen atoms in total. The fourth-order valence-corrected chi connectivity index (χ4v) is 4.69. The van der Waals surface area contributed by atoms with Crippen LogP contribution in [-0.2, 0) is 10.5 Å². The summed E-state index contributed by atoms with van der Waals surface area (Å²) in [5.41, 5.74) is 2.41. The molecule has 0 atom stereocenters. The number of benzene rings is 2. The smallest absolute Gasteiger partial charge is 0.260 e. The molecule has 0 fully saturated rings. The van der Waals surface area contributed by atoms with E-state index >= 15 is 0 Å². The highest BCUT2D eigenvalue weighted by Gasteiger charge is 2.13. The minimum atomic E-state index is -0.156. The molecule has 4 rings (SSSR count). The van der Waals surface area contributed by atoms with Gasteiger partial charge in [-0.2, -0.15) is 0 Å². The number of carbonyl (C=O) groups is 1. The van der Waals surface area contributed by atoms with Crippen LogP contribution in [0.15, 0.2) is 64.8 Å². The molecular formula is C22H19N3O3S2. The van der Waals surface area contributed by atoms with Crippen LogP contribution < -0.4 is 15.6 Å². The Morgan fingerprint density at radius 2 is 2.03 bits per heavy atom. The first-order valence-electron chi connectivity index (χ1n) is 9.21. The summed E-state index contributed by atoms with van der Waals surface area (Å²) >= 11 is 2.84. The van der Waals surface area contributed by atoms with Crippen molar-refractivity contribution in [2.24, 2.45) is 0 Å². The molecule has 0 spiro atoms. The normalized spacial score (nSPS) is 10.8. The standard InChI is InChI=1S/C22H19N3O3S2/c1-28-16-9-5-8-15(10-16)23-19(26)13-29-12-18-24-21(27)20-17(11-30-22(20)25-18)14-6-3-2-4-7-14/h2-11H,12-13H2,1H3,(H,23,26)(H,24,25,27). The molecule has 0 aliphatic carbocycles. The first kappa shape index (κ1) is 20.2. The summed E-state index contributed by atoms with van der Waals surface area (Å²) < 4.78 is 5.15. The van der Waals surface area contributed by atoms with Gasteiger partial charge in [0.2, 0.25) is 5.91 Å². The van der Waals surface area contributed by atoms with Gasteiger partial charge in [-0.1, -0.05) is 36.4 Å². The number of thioether (sulfide) groups is 1. The molecule has 0 aliphatic heterocycles. The van der Waals surface area contributed by atoms with E-state index in [0.29, 0.717) is 33.2 Å². The van der Waals surface area contributed by atoms with Gasteiger partial charge in [-0.15, -0.1) is 23.1 Å². The third-order valence-electron chi connectivity index (χ3n) is 4.40. The molecule has 1 amide bonds. The van der Waals surface area contributed by atoms with E-state index < -0.39 is 0 Å². The van der Waals surface area contributed by atoms with Crippen molar-refractivity contribution < 1.29 is 9.53 Å². The highest BCUT2D eigenvalue weighted by molar-refractivity contribution is 7.99. The topological polar surface area (TPSA) is 84.1 Å². The molecule has 30 heavy (non-hydrogen) atoms. The number of carbonyl (C=O) groups excluding carboxylic acids is 1. The van der Waals surface area contributed by atoms with Crippen molar-refractivity contribution in [3.63, 3.8) is 0 Å². The second-order valence-corrected chi connectivity index (χ2v) is 8.32. The first-order chi connectivity index (χ1) is 14.6. The number of hydrogen-bond donors (Lipinski definition) is 2. The molecule has 4 aromatic rings. The van der Waals surface area contributed by atoms with Gasteiger partial charge in [0.05, 0.1) is 24.0 Å². The van der Waals surface area contributed by atoms with Crippen molar-refractivity contribution in [1.29, 1.82) is 0 Å². The molecule has 8 heteroatoms. The van der Waals surface area contributed by atoms with E-state index in [9.17, 15) is 9.59 Å². The minimum Gasteiger partial charge on any atom is -0.497 e. The molecule has 0 saturated carbocycles.